The van der Waals surface area contributed by atoms with Gasteiger partial charge in [0.25, 0.3) is 5.69 Å². The Hall–Kier alpha value is -1.99. The van der Waals surface area contributed by atoms with Crippen LogP contribution in [0.25, 0.3) is 10.4 Å². The first kappa shape index (κ1) is 13.1. The SMILES string of the molecule is [N-]=[N+]=Nc1cc(C(F)(F)F)c(Cl)cc1[N+](=O)[O-]. The molecule has 0 fully saturated rings. The molecule has 0 aliphatic rings. The maximum atomic E-state index is 12.4. The fourth-order valence-electron chi connectivity index (χ4n) is 1.04. The molecule has 0 aliphatic heterocycles. The van der Waals surface area contributed by atoms with Gasteiger partial charge >= 0.3 is 6.18 Å². The van der Waals surface area contributed by atoms with E-state index in [2.05, 4.69) is 10.0 Å². The molecule has 0 aromatic heterocycles. The molecular formula is C7H2ClF3N4O2. The van der Waals surface area contributed by atoms with Crippen molar-refractivity contribution >= 4 is 23.0 Å². The second kappa shape index (κ2) is 4.48. The van der Waals surface area contributed by atoms with Crippen LogP contribution in [0.2, 0.25) is 5.02 Å². The van der Waals surface area contributed by atoms with Crippen LogP contribution in [0.15, 0.2) is 17.2 Å². The van der Waals surface area contributed by atoms with E-state index in [4.69, 9.17) is 17.1 Å². The molecule has 1 aromatic carbocycles. The number of nitro groups is 1. The average Bonchev–Trinajstić information content (AvgIpc) is 2.18. The van der Waals surface area contributed by atoms with Gasteiger partial charge in [-0.25, -0.2) is 0 Å². The fourth-order valence-corrected chi connectivity index (χ4v) is 1.31. The van der Waals surface area contributed by atoms with Crippen LogP contribution in [0.4, 0.5) is 24.5 Å². The Balaban J connectivity index is 3.56. The lowest BCUT2D eigenvalue weighted by atomic mass is 10.1. The molecular weight excluding hydrogens is 265 g/mol. The van der Waals surface area contributed by atoms with Crippen molar-refractivity contribution in [2.45, 2.75) is 6.18 Å². The van der Waals surface area contributed by atoms with Crippen LogP contribution < -0.4 is 0 Å². The lowest BCUT2D eigenvalue weighted by Gasteiger charge is -2.09. The largest absolute Gasteiger partial charge is 0.417 e. The molecule has 0 atom stereocenters. The van der Waals surface area contributed by atoms with Gasteiger partial charge in [0, 0.05) is 11.0 Å². The highest BCUT2D eigenvalue weighted by Gasteiger charge is 2.35. The van der Waals surface area contributed by atoms with Gasteiger partial charge in [0.2, 0.25) is 0 Å². The monoisotopic (exact) mass is 266 g/mol. The van der Waals surface area contributed by atoms with Crippen LogP contribution in [0.3, 0.4) is 0 Å². The molecule has 0 heterocycles. The third kappa shape index (κ3) is 2.77. The molecule has 90 valence electrons. The molecule has 0 unspecified atom stereocenters. The molecule has 0 bridgehead atoms. The predicted molar refractivity (Wildman–Crippen MR) is 51.9 cm³/mol. The highest BCUT2D eigenvalue weighted by Crippen LogP contribution is 2.41. The van der Waals surface area contributed by atoms with E-state index in [0.29, 0.717) is 12.1 Å². The maximum Gasteiger partial charge on any atom is 0.417 e. The van der Waals surface area contributed by atoms with Gasteiger partial charge in [0.1, 0.15) is 5.69 Å². The molecule has 0 spiro atoms. The zero-order chi connectivity index (χ0) is 13.2. The summed E-state index contributed by atoms with van der Waals surface area (Å²) in [6.45, 7) is 0. The second-order valence-corrected chi connectivity index (χ2v) is 3.17. The molecule has 1 rings (SSSR count). The first-order chi connectivity index (χ1) is 7.77. The van der Waals surface area contributed by atoms with Crippen molar-refractivity contribution in [3.05, 3.63) is 43.3 Å². The molecule has 1 aromatic rings. The normalized spacial score (nSPS) is 10.8. The van der Waals surface area contributed by atoms with E-state index in [0.717, 1.165) is 0 Å². The molecule has 17 heavy (non-hydrogen) atoms. The molecule has 0 radical (unpaired) electrons. The first-order valence-corrected chi connectivity index (χ1v) is 4.25. The van der Waals surface area contributed by atoms with E-state index in [1.54, 1.807) is 0 Å². The summed E-state index contributed by atoms with van der Waals surface area (Å²) in [5.41, 5.74) is 5.28. The van der Waals surface area contributed by atoms with Crippen LogP contribution in [-0.2, 0) is 6.18 Å². The Morgan fingerprint density at radius 1 is 1.47 bits per heavy atom. The van der Waals surface area contributed by atoms with Gasteiger partial charge in [-0.1, -0.05) is 16.7 Å². The number of benzene rings is 1. The highest BCUT2D eigenvalue weighted by atomic mass is 35.5. The van der Waals surface area contributed by atoms with Crippen molar-refractivity contribution in [2.75, 3.05) is 0 Å². The minimum Gasteiger partial charge on any atom is -0.258 e. The minimum absolute atomic E-state index is 0.334. The molecule has 10 heteroatoms. The summed E-state index contributed by atoms with van der Waals surface area (Å²) in [5.74, 6) is 0. The van der Waals surface area contributed by atoms with Gasteiger partial charge in [0.05, 0.1) is 15.5 Å². The van der Waals surface area contributed by atoms with Crippen molar-refractivity contribution in [2.24, 2.45) is 5.11 Å². The predicted octanol–water partition coefficient (Wildman–Crippen LogP) is 4.21. The van der Waals surface area contributed by atoms with Crippen LogP contribution in [0.5, 0.6) is 0 Å². The van der Waals surface area contributed by atoms with Gasteiger partial charge in [-0.15, -0.1) is 0 Å². The first-order valence-electron chi connectivity index (χ1n) is 3.87. The Morgan fingerprint density at radius 2 is 2.06 bits per heavy atom. The van der Waals surface area contributed by atoms with Crippen molar-refractivity contribution in [1.29, 1.82) is 0 Å². The Morgan fingerprint density at radius 3 is 2.47 bits per heavy atom. The Kier molecular flexibility index (Phi) is 3.45. The van der Waals surface area contributed by atoms with E-state index >= 15 is 0 Å². The summed E-state index contributed by atoms with van der Waals surface area (Å²) in [5, 5.41) is 12.5. The zero-order valence-corrected chi connectivity index (χ0v) is 8.53. The van der Waals surface area contributed by atoms with E-state index in [-0.39, 0.29) is 0 Å². The summed E-state index contributed by atoms with van der Waals surface area (Å²) < 4.78 is 37.2. The van der Waals surface area contributed by atoms with Gasteiger partial charge in [-0.05, 0) is 11.6 Å². The molecule has 0 aliphatic carbocycles. The van der Waals surface area contributed by atoms with E-state index in [9.17, 15) is 23.3 Å². The van der Waals surface area contributed by atoms with Gasteiger partial charge in [-0.3, -0.25) is 10.1 Å². The van der Waals surface area contributed by atoms with Crippen LogP contribution in [0.1, 0.15) is 5.56 Å². The summed E-state index contributed by atoms with van der Waals surface area (Å²) in [6, 6.07) is 0.828. The maximum absolute atomic E-state index is 12.4. The Labute approximate surface area is 96.4 Å². The van der Waals surface area contributed by atoms with E-state index in [1.807, 2.05) is 0 Å². The topological polar surface area (TPSA) is 91.9 Å². The number of rotatable bonds is 2. The number of azide groups is 1. The van der Waals surface area contributed by atoms with Crippen LogP contribution in [0, 0.1) is 10.1 Å². The molecule has 0 N–H and O–H groups in total. The van der Waals surface area contributed by atoms with Crippen LogP contribution >= 0.6 is 11.6 Å². The molecule has 0 saturated carbocycles. The minimum atomic E-state index is -4.79. The van der Waals surface area contributed by atoms with Gasteiger partial charge in [-0.2, -0.15) is 13.2 Å². The lowest BCUT2D eigenvalue weighted by molar-refractivity contribution is -0.384. The summed E-state index contributed by atoms with van der Waals surface area (Å²) in [4.78, 5) is 11.7. The van der Waals surface area contributed by atoms with Crippen molar-refractivity contribution in [3.8, 4) is 0 Å². The standard InChI is InChI=1S/C7H2ClF3N4O2/c8-4-2-6(15(16)17)5(13-14-12)1-3(4)7(9,10)11/h1-2H. The Bertz CT molecular complexity index is 525. The number of nitro benzene ring substituents is 1. The lowest BCUT2D eigenvalue weighted by Crippen LogP contribution is -2.06. The van der Waals surface area contributed by atoms with Crippen molar-refractivity contribution in [3.63, 3.8) is 0 Å². The van der Waals surface area contributed by atoms with E-state index < -0.39 is 33.1 Å². The van der Waals surface area contributed by atoms with Gasteiger partial charge in [0.15, 0.2) is 0 Å². The number of alkyl halides is 3. The zero-order valence-electron chi connectivity index (χ0n) is 7.77. The summed E-state index contributed by atoms with van der Waals surface area (Å²) in [7, 11) is 0. The second-order valence-electron chi connectivity index (χ2n) is 2.77. The van der Waals surface area contributed by atoms with E-state index in [1.165, 1.54) is 0 Å². The third-order valence-electron chi connectivity index (χ3n) is 1.72. The third-order valence-corrected chi connectivity index (χ3v) is 2.03. The average molecular weight is 267 g/mol. The van der Waals surface area contributed by atoms with Crippen molar-refractivity contribution in [1.82, 2.24) is 0 Å². The number of nitrogens with zero attached hydrogens (tertiary/aromatic N) is 4. The summed E-state index contributed by atoms with van der Waals surface area (Å²) in [6.07, 6.45) is -4.79. The van der Waals surface area contributed by atoms with Gasteiger partial charge < -0.3 is 0 Å². The fraction of sp³-hybridized carbons (Fsp3) is 0.143. The summed E-state index contributed by atoms with van der Waals surface area (Å²) >= 11 is 5.27. The number of hydrogen-bond acceptors (Lipinski definition) is 3. The van der Waals surface area contributed by atoms with Crippen molar-refractivity contribution < 1.29 is 18.1 Å². The number of hydrogen-bond donors (Lipinski definition) is 0. The molecule has 0 amide bonds. The highest BCUT2D eigenvalue weighted by molar-refractivity contribution is 6.31. The molecule has 6 nitrogen and oxygen atoms in total. The smallest absolute Gasteiger partial charge is 0.258 e. The molecule has 0 saturated heterocycles. The number of halogens is 4. The van der Waals surface area contributed by atoms with Crippen LogP contribution in [-0.4, -0.2) is 4.92 Å². The quantitative estimate of drug-likeness (QED) is 0.264.